The van der Waals surface area contributed by atoms with Crippen LogP contribution in [0.2, 0.25) is 5.02 Å². The van der Waals surface area contributed by atoms with E-state index in [0.29, 0.717) is 35.8 Å². The van der Waals surface area contributed by atoms with Crippen molar-refractivity contribution in [1.29, 1.82) is 0 Å². The van der Waals surface area contributed by atoms with Gasteiger partial charge < -0.3 is 10.6 Å². The Balaban J connectivity index is 2.42. The lowest BCUT2D eigenvalue weighted by atomic mass is 10.1. The van der Waals surface area contributed by atoms with Crippen molar-refractivity contribution in [1.82, 2.24) is 0 Å². The number of benzene rings is 1. The number of carbonyl (C=O) groups excluding carboxylic acids is 2. The van der Waals surface area contributed by atoms with Crippen molar-refractivity contribution < 1.29 is 9.59 Å². The molecule has 0 radical (unpaired) electrons. The van der Waals surface area contributed by atoms with Crippen LogP contribution in [-0.2, 0) is 4.79 Å². The Morgan fingerprint density at radius 1 is 1.31 bits per heavy atom. The molecule has 1 aliphatic heterocycles. The van der Waals surface area contributed by atoms with Gasteiger partial charge in [-0.1, -0.05) is 17.7 Å². The summed E-state index contributed by atoms with van der Waals surface area (Å²) in [5.41, 5.74) is 6.29. The Bertz CT molecular complexity index is 459. The molecule has 84 valence electrons. The van der Waals surface area contributed by atoms with E-state index in [-0.39, 0.29) is 0 Å². The molecule has 0 saturated carbocycles. The third-order valence-corrected chi connectivity index (χ3v) is 2.85. The van der Waals surface area contributed by atoms with E-state index in [0.717, 1.165) is 0 Å². The summed E-state index contributed by atoms with van der Waals surface area (Å²) in [6.45, 7) is 0.933. The van der Waals surface area contributed by atoms with Crippen molar-refractivity contribution in [3.63, 3.8) is 0 Å². The summed E-state index contributed by atoms with van der Waals surface area (Å²) in [4.78, 5) is 24.8. The van der Waals surface area contributed by atoms with Crippen molar-refractivity contribution in [2.24, 2.45) is 5.73 Å². The second-order valence-corrected chi connectivity index (χ2v) is 3.97. The summed E-state index contributed by atoms with van der Waals surface area (Å²) < 4.78 is 0. The van der Waals surface area contributed by atoms with E-state index in [1.165, 1.54) is 4.90 Å². The van der Waals surface area contributed by atoms with Crippen LogP contribution in [0, 0.1) is 0 Å². The molecule has 4 nitrogen and oxygen atoms in total. The number of nitrogens with zero attached hydrogens (tertiary/aromatic N) is 1. The number of Topliss-reactive ketones (excluding diaryl/α,β-unsaturated/α-hetero) is 1. The Kier molecular flexibility index (Phi) is 2.94. The van der Waals surface area contributed by atoms with Crippen LogP contribution in [0.15, 0.2) is 18.2 Å². The van der Waals surface area contributed by atoms with Gasteiger partial charge in [-0.05, 0) is 25.1 Å². The van der Waals surface area contributed by atoms with Crippen molar-refractivity contribution in [2.75, 3.05) is 18.0 Å². The van der Waals surface area contributed by atoms with Gasteiger partial charge in [-0.15, -0.1) is 0 Å². The molecule has 1 aliphatic rings. The Morgan fingerprint density at radius 2 is 2.06 bits per heavy atom. The zero-order chi connectivity index (χ0) is 11.7. The standard InChI is InChI=1S/C11H11ClN2O2/c12-7-3-1-4-8-9(7)10(15)11(16)14(8)6-2-5-13/h1,3-4H,2,5-6,13H2. The summed E-state index contributed by atoms with van der Waals surface area (Å²) in [6, 6.07) is 5.06. The van der Waals surface area contributed by atoms with Crippen LogP contribution in [0.5, 0.6) is 0 Å². The van der Waals surface area contributed by atoms with Crippen molar-refractivity contribution >= 4 is 29.0 Å². The fourth-order valence-corrected chi connectivity index (χ4v) is 2.03. The molecule has 2 rings (SSSR count). The molecule has 1 amide bonds. The molecular formula is C11H11ClN2O2. The smallest absolute Gasteiger partial charge is 0.299 e. The zero-order valence-corrected chi connectivity index (χ0v) is 9.33. The normalized spacial score (nSPS) is 14.5. The lowest BCUT2D eigenvalue weighted by molar-refractivity contribution is -0.114. The molecule has 0 aliphatic carbocycles. The van der Waals surface area contributed by atoms with Gasteiger partial charge in [0, 0.05) is 6.54 Å². The van der Waals surface area contributed by atoms with Crippen LogP contribution in [0.1, 0.15) is 16.8 Å². The summed E-state index contributed by atoms with van der Waals surface area (Å²) in [6.07, 6.45) is 0.658. The van der Waals surface area contributed by atoms with Gasteiger partial charge >= 0.3 is 0 Å². The predicted molar refractivity (Wildman–Crippen MR) is 61.8 cm³/mol. The summed E-state index contributed by atoms with van der Waals surface area (Å²) in [5.74, 6) is -1.05. The summed E-state index contributed by atoms with van der Waals surface area (Å²) in [5, 5.41) is 0.325. The molecule has 0 aromatic heterocycles. The second kappa shape index (κ2) is 4.23. The maximum atomic E-state index is 11.7. The van der Waals surface area contributed by atoms with Crippen molar-refractivity contribution in [3.8, 4) is 0 Å². The van der Waals surface area contributed by atoms with E-state index in [9.17, 15) is 9.59 Å². The zero-order valence-electron chi connectivity index (χ0n) is 8.57. The van der Waals surface area contributed by atoms with E-state index in [1.807, 2.05) is 0 Å². The number of carbonyl (C=O) groups is 2. The molecule has 1 aromatic carbocycles. The molecule has 0 spiro atoms. The van der Waals surface area contributed by atoms with Crippen LogP contribution < -0.4 is 10.6 Å². The number of nitrogens with two attached hydrogens (primary N) is 1. The van der Waals surface area contributed by atoms with Gasteiger partial charge in [-0.2, -0.15) is 0 Å². The highest BCUT2D eigenvalue weighted by Gasteiger charge is 2.36. The Labute approximate surface area is 98.0 Å². The predicted octanol–water partition coefficient (Wildman–Crippen LogP) is 1.22. The van der Waals surface area contributed by atoms with E-state index in [2.05, 4.69) is 0 Å². The van der Waals surface area contributed by atoms with Gasteiger partial charge in [0.2, 0.25) is 0 Å². The minimum Gasteiger partial charge on any atom is -0.330 e. The maximum Gasteiger partial charge on any atom is 0.299 e. The number of hydrogen-bond donors (Lipinski definition) is 1. The van der Waals surface area contributed by atoms with Crippen LogP contribution in [0.3, 0.4) is 0 Å². The van der Waals surface area contributed by atoms with Crippen molar-refractivity contribution in [2.45, 2.75) is 6.42 Å². The lowest BCUT2D eigenvalue weighted by Gasteiger charge is -2.15. The molecule has 5 heteroatoms. The van der Waals surface area contributed by atoms with E-state index < -0.39 is 11.7 Å². The molecule has 0 atom stereocenters. The topological polar surface area (TPSA) is 63.4 Å². The Hall–Kier alpha value is -1.39. The molecule has 2 N–H and O–H groups in total. The first-order chi connectivity index (χ1) is 7.66. The van der Waals surface area contributed by atoms with Crippen molar-refractivity contribution in [3.05, 3.63) is 28.8 Å². The van der Waals surface area contributed by atoms with Gasteiger partial charge in [0.05, 0.1) is 16.3 Å². The quantitative estimate of drug-likeness (QED) is 0.806. The molecular weight excluding hydrogens is 228 g/mol. The lowest BCUT2D eigenvalue weighted by Crippen LogP contribution is -2.31. The third kappa shape index (κ3) is 1.60. The Morgan fingerprint density at radius 3 is 2.75 bits per heavy atom. The molecule has 0 bridgehead atoms. The average Bonchev–Trinajstić information content (AvgIpc) is 2.51. The van der Waals surface area contributed by atoms with E-state index in [1.54, 1.807) is 18.2 Å². The largest absolute Gasteiger partial charge is 0.330 e. The monoisotopic (exact) mass is 238 g/mol. The first-order valence-corrected chi connectivity index (χ1v) is 5.39. The highest BCUT2D eigenvalue weighted by molar-refractivity contribution is 6.55. The number of fused-ring (bicyclic) bond motifs is 1. The molecule has 1 aromatic rings. The molecule has 0 fully saturated rings. The van der Waals surface area contributed by atoms with Crippen LogP contribution in [-0.4, -0.2) is 24.8 Å². The van der Waals surface area contributed by atoms with E-state index in [4.69, 9.17) is 17.3 Å². The number of anilines is 1. The molecule has 1 heterocycles. The number of halogens is 1. The SMILES string of the molecule is NCCCN1C(=O)C(=O)c2c(Cl)cccc21. The number of amides is 1. The van der Waals surface area contributed by atoms with Gasteiger partial charge in [0.1, 0.15) is 0 Å². The summed E-state index contributed by atoms with van der Waals surface area (Å²) in [7, 11) is 0. The summed E-state index contributed by atoms with van der Waals surface area (Å²) >= 11 is 5.90. The second-order valence-electron chi connectivity index (χ2n) is 3.56. The minimum atomic E-state index is -0.530. The van der Waals surface area contributed by atoms with Crippen LogP contribution in [0.4, 0.5) is 5.69 Å². The maximum absolute atomic E-state index is 11.7. The number of ketones is 1. The number of rotatable bonds is 3. The number of hydrogen-bond acceptors (Lipinski definition) is 3. The third-order valence-electron chi connectivity index (χ3n) is 2.53. The molecule has 16 heavy (non-hydrogen) atoms. The average molecular weight is 239 g/mol. The minimum absolute atomic E-state index is 0.311. The molecule has 0 unspecified atom stereocenters. The fraction of sp³-hybridized carbons (Fsp3) is 0.273. The molecule has 0 saturated heterocycles. The fourth-order valence-electron chi connectivity index (χ4n) is 1.77. The van der Waals surface area contributed by atoms with Crippen LogP contribution >= 0.6 is 11.6 Å². The first kappa shape index (κ1) is 11.1. The van der Waals surface area contributed by atoms with Gasteiger partial charge in [-0.3, -0.25) is 9.59 Å². The van der Waals surface area contributed by atoms with Gasteiger partial charge in [0.25, 0.3) is 11.7 Å². The first-order valence-electron chi connectivity index (χ1n) is 5.01. The highest BCUT2D eigenvalue weighted by Crippen LogP contribution is 2.33. The van der Waals surface area contributed by atoms with Crippen LogP contribution in [0.25, 0.3) is 0 Å². The van der Waals surface area contributed by atoms with E-state index >= 15 is 0 Å². The van der Waals surface area contributed by atoms with Gasteiger partial charge in [-0.25, -0.2) is 0 Å². The van der Waals surface area contributed by atoms with Gasteiger partial charge in [0.15, 0.2) is 0 Å². The highest BCUT2D eigenvalue weighted by atomic mass is 35.5.